The van der Waals surface area contributed by atoms with Gasteiger partial charge in [-0.25, -0.2) is 0 Å². The summed E-state index contributed by atoms with van der Waals surface area (Å²) in [7, 11) is 0. The molecule has 0 radical (unpaired) electrons. The number of aliphatic carboxylic acids is 1. The van der Waals surface area contributed by atoms with Gasteiger partial charge in [0.2, 0.25) is 0 Å². The lowest BCUT2D eigenvalue weighted by Crippen LogP contribution is -2.06. The van der Waals surface area contributed by atoms with E-state index in [1.807, 2.05) is 6.92 Å². The fourth-order valence-electron chi connectivity index (χ4n) is 1.04. The normalized spacial score (nSPS) is 11.5. The van der Waals surface area contributed by atoms with Gasteiger partial charge in [0.1, 0.15) is 0 Å². The topological polar surface area (TPSA) is 66.7 Å². The van der Waals surface area contributed by atoms with Gasteiger partial charge in [-0.2, -0.15) is 0 Å². The molecular weight excluding hydrogens is 194 g/mol. The van der Waals surface area contributed by atoms with Gasteiger partial charge in [0.25, 0.3) is 0 Å². The Labute approximate surface area is 90.4 Å². The molecule has 0 spiro atoms. The minimum atomic E-state index is -0.832. The Kier molecular flexibility index (Phi) is 7.50. The highest BCUT2D eigenvalue weighted by molar-refractivity contribution is 5.88. The lowest BCUT2D eigenvalue weighted by atomic mass is 10.2. The van der Waals surface area contributed by atoms with Crippen molar-refractivity contribution >= 4 is 17.5 Å². The largest absolute Gasteiger partial charge is 0.481 e. The van der Waals surface area contributed by atoms with Crippen LogP contribution in [0.1, 0.15) is 46.0 Å². The van der Waals surface area contributed by atoms with Crippen molar-refractivity contribution in [1.29, 1.82) is 0 Å². The van der Waals surface area contributed by atoms with Crippen molar-refractivity contribution in [1.82, 2.24) is 0 Å². The van der Waals surface area contributed by atoms with Crippen molar-refractivity contribution < 1.29 is 14.7 Å². The number of nitrogens with zero attached hydrogens (tertiary/aromatic N) is 1. The SMILES string of the molecule is CCCCC(=O)CN=C(C)CCC(=O)O. The van der Waals surface area contributed by atoms with E-state index >= 15 is 0 Å². The Morgan fingerprint density at radius 2 is 1.87 bits per heavy atom. The number of ketones is 1. The van der Waals surface area contributed by atoms with E-state index < -0.39 is 5.97 Å². The predicted molar refractivity (Wildman–Crippen MR) is 59.4 cm³/mol. The molecule has 0 aliphatic carbocycles. The Bertz CT molecular complexity index is 246. The quantitative estimate of drug-likeness (QED) is 0.627. The van der Waals surface area contributed by atoms with Gasteiger partial charge < -0.3 is 5.11 Å². The minimum Gasteiger partial charge on any atom is -0.481 e. The maximum atomic E-state index is 11.2. The molecule has 0 fully saturated rings. The second-order valence-electron chi connectivity index (χ2n) is 3.59. The average molecular weight is 213 g/mol. The second kappa shape index (κ2) is 8.15. The van der Waals surface area contributed by atoms with E-state index in [2.05, 4.69) is 4.99 Å². The van der Waals surface area contributed by atoms with E-state index in [1.54, 1.807) is 6.92 Å². The molecule has 0 aromatic rings. The molecule has 0 atom stereocenters. The number of unbranched alkanes of at least 4 members (excludes halogenated alkanes) is 1. The van der Waals surface area contributed by atoms with Crippen LogP contribution in [0.25, 0.3) is 0 Å². The third-order valence-electron chi connectivity index (χ3n) is 2.04. The highest BCUT2D eigenvalue weighted by Crippen LogP contribution is 1.97. The van der Waals surface area contributed by atoms with Crippen LogP contribution in [0.3, 0.4) is 0 Å². The molecule has 1 N–H and O–H groups in total. The smallest absolute Gasteiger partial charge is 0.303 e. The molecule has 0 saturated carbocycles. The first-order valence-corrected chi connectivity index (χ1v) is 5.29. The molecule has 0 rings (SSSR count). The first-order valence-electron chi connectivity index (χ1n) is 5.29. The molecule has 15 heavy (non-hydrogen) atoms. The highest BCUT2D eigenvalue weighted by atomic mass is 16.4. The van der Waals surface area contributed by atoms with Crippen LogP contribution in [0.15, 0.2) is 4.99 Å². The van der Waals surface area contributed by atoms with Crippen molar-refractivity contribution in [3.8, 4) is 0 Å². The Hall–Kier alpha value is -1.19. The van der Waals surface area contributed by atoms with Gasteiger partial charge in [-0.15, -0.1) is 0 Å². The predicted octanol–water partition coefficient (Wildman–Crippen LogP) is 2.07. The molecule has 0 amide bonds. The van der Waals surface area contributed by atoms with Crippen molar-refractivity contribution in [3.63, 3.8) is 0 Å². The molecule has 0 aromatic carbocycles. The summed E-state index contributed by atoms with van der Waals surface area (Å²) in [5.74, 6) is -0.701. The minimum absolute atomic E-state index is 0.0818. The lowest BCUT2D eigenvalue weighted by molar-refractivity contribution is -0.136. The van der Waals surface area contributed by atoms with Gasteiger partial charge in [0.15, 0.2) is 5.78 Å². The van der Waals surface area contributed by atoms with Gasteiger partial charge in [0.05, 0.1) is 13.0 Å². The molecule has 0 unspecified atom stereocenters. The Morgan fingerprint density at radius 3 is 2.40 bits per heavy atom. The van der Waals surface area contributed by atoms with E-state index in [1.165, 1.54) is 0 Å². The van der Waals surface area contributed by atoms with Crippen LogP contribution in [-0.4, -0.2) is 29.1 Å². The van der Waals surface area contributed by atoms with Gasteiger partial charge in [0, 0.05) is 12.1 Å². The summed E-state index contributed by atoms with van der Waals surface area (Å²) in [5.41, 5.74) is 0.738. The number of carboxylic acid groups (broad SMARTS) is 1. The van der Waals surface area contributed by atoms with Crippen molar-refractivity contribution in [3.05, 3.63) is 0 Å². The summed E-state index contributed by atoms with van der Waals surface area (Å²) in [5, 5.41) is 8.43. The third kappa shape index (κ3) is 9.12. The van der Waals surface area contributed by atoms with Crippen molar-refractivity contribution in [2.75, 3.05) is 6.54 Å². The molecule has 0 aliphatic rings. The number of rotatable bonds is 8. The molecular formula is C11H19NO3. The van der Waals surface area contributed by atoms with Crippen molar-refractivity contribution in [2.24, 2.45) is 4.99 Å². The summed E-state index contributed by atoms with van der Waals surface area (Å²) in [6.07, 6.45) is 3.00. The number of carbonyl (C=O) groups is 2. The lowest BCUT2D eigenvalue weighted by Gasteiger charge is -1.98. The van der Waals surface area contributed by atoms with Crippen LogP contribution in [0, 0.1) is 0 Å². The summed E-state index contributed by atoms with van der Waals surface area (Å²) in [6, 6.07) is 0. The molecule has 0 aromatic heterocycles. The molecule has 0 heterocycles. The fourth-order valence-corrected chi connectivity index (χ4v) is 1.04. The number of hydrogen-bond acceptors (Lipinski definition) is 3. The van der Waals surface area contributed by atoms with Crippen LogP contribution in [0.4, 0.5) is 0 Å². The molecule has 4 heteroatoms. The monoisotopic (exact) mass is 213 g/mol. The first kappa shape index (κ1) is 13.8. The van der Waals surface area contributed by atoms with Crippen LogP contribution in [-0.2, 0) is 9.59 Å². The van der Waals surface area contributed by atoms with Crippen LogP contribution >= 0.6 is 0 Å². The van der Waals surface area contributed by atoms with E-state index in [0.717, 1.165) is 18.6 Å². The van der Waals surface area contributed by atoms with Gasteiger partial charge in [-0.05, 0) is 19.8 Å². The van der Waals surface area contributed by atoms with Crippen molar-refractivity contribution in [2.45, 2.75) is 46.0 Å². The zero-order valence-electron chi connectivity index (χ0n) is 9.45. The van der Waals surface area contributed by atoms with E-state index in [4.69, 9.17) is 5.11 Å². The number of carbonyl (C=O) groups excluding carboxylic acids is 1. The summed E-state index contributed by atoms with van der Waals surface area (Å²) >= 11 is 0. The van der Waals surface area contributed by atoms with Crippen LogP contribution in [0.5, 0.6) is 0 Å². The number of Topliss-reactive ketones (excluding diaryl/α,β-unsaturated/α-hetero) is 1. The maximum absolute atomic E-state index is 11.2. The summed E-state index contributed by atoms with van der Waals surface area (Å²) in [6.45, 7) is 4.00. The van der Waals surface area contributed by atoms with E-state index in [9.17, 15) is 9.59 Å². The molecule has 4 nitrogen and oxygen atoms in total. The zero-order chi connectivity index (χ0) is 11.7. The van der Waals surface area contributed by atoms with Gasteiger partial charge in [-0.3, -0.25) is 14.6 Å². The van der Waals surface area contributed by atoms with Gasteiger partial charge in [-0.1, -0.05) is 13.3 Å². The maximum Gasteiger partial charge on any atom is 0.303 e. The third-order valence-corrected chi connectivity index (χ3v) is 2.04. The molecule has 86 valence electrons. The first-order chi connectivity index (χ1) is 7.06. The van der Waals surface area contributed by atoms with Gasteiger partial charge >= 0.3 is 5.97 Å². The Morgan fingerprint density at radius 1 is 1.20 bits per heavy atom. The second-order valence-corrected chi connectivity index (χ2v) is 3.59. The summed E-state index contributed by atoms with van der Waals surface area (Å²) < 4.78 is 0. The highest BCUT2D eigenvalue weighted by Gasteiger charge is 2.01. The molecule has 0 aliphatic heterocycles. The van der Waals surface area contributed by atoms with Crippen LogP contribution in [0.2, 0.25) is 0 Å². The molecule has 0 bridgehead atoms. The molecule has 0 saturated heterocycles. The summed E-state index contributed by atoms with van der Waals surface area (Å²) in [4.78, 5) is 25.5. The van der Waals surface area contributed by atoms with E-state index in [0.29, 0.717) is 12.8 Å². The fraction of sp³-hybridized carbons (Fsp3) is 0.727. The van der Waals surface area contributed by atoms with E-state index in [-0.39, 0.29) is 18.7 Å². The van der Waals surface area contributed by atoms with Crippen LogP contribution < -0.4 is 0 Å². The Balaban J connectivity index is 3.73. The number of carboxylic acids is 1. The average Bonchev–Trinajstić information content (AvgIpc) is 2.20. The zero-order valence-corrected chi connectivity index (χ0v) is 9.45. The number of aliphatic imine (C=N–C) groups is 1. The standard InChI is InChI=1S/C11H19NO3/c1-3-4-5-10(13)8-12-9(2)6-7-11(14)15/h3-8H2,1-2H3,(H,14,15). The number of hydrogen-bond donors (Lipinski definition) is 1.